The number of carbonyl (C=O) groups is 3. The zero-order chi connectivity index (χ0) is 53.4. The van der Waals surface area contributed by atoms with Gasteiger partial charge in [-0.25, -0.2) is 9.13 Å². The van der Waals surface area contributed by atoms with Gasteiger partial charge >= 0.3 is 27.6 Å². The van der Waals surface area contributed by atoms with Gasteiger partial charge in [-0.05, 0) is 64.2 Å². The molecule has 21 heteroatoms. The summed E-state index contributed by atoms with van der Waals surface area (Å²) < 4.78 is 52.2. The molecule has 12 atom stereocenters. The van der Waals surface area contributed by atoms with Crippen LogP contribution in [0.3, 0.4) is 0 Å². The van der Waals surface area contributed by atoms with Gasteiger partial charge in [0.1, 0.15) is 36.8 Å². The predicted molar refractivity (Wildman–Crippen MR) is 270 cm³/mol. The highest BCUT2D eigenvalue weighted by Gasteiger charge is 2.51. The first kappa shape index (κ1) is 65.4. The second-order valence-electron chi connectivity index (χ2n) is 18.6. The molecule has 414 valence electrons. The van der Waals surface area contributed by atoms with E-state index in [1.807, 2.05) is 6.92 Å². The number of phosphoric acid groups is 2. The van der Waals surface area contributed by atoms with Gasteiger partial charge in [-0.2, -0.15) is 0 Å². The largest absolute Gasteiger partial charge is 0.472 e. The van der Waals surface area contributed by atoms with E-state index in [1.165, 1.54) is 6.08 Å². The molecule has 1 heterocycles. The first-order chi connectivity index (χ1) is 34.3. The second-order valence-corrected chi connectivity index (χ2v) is 21.2. The van der Waals surface area contributed by atoms with E-state index in [9.17, 15) is 68.8 Å². The Bertz CT molecular complexity index is 1780. The van der Waals surface area contributed by atoms with E-state index in [0.29, 0.717) is 25.7 Å². The zero-order valence-electron chi connectivity index (χ0n) is 42.3. The molecule has 1 aliphatic heterocycles. The molecule has 2 rings (SSSR count). The number of allylic oxidation sites excluding steroid dienone is 8. The van der Waals surface area contributed by atoms with Crippen LogP contribution >= 0.6 is 15.6 Å². The molecule has 1 aliphatic carbocycles. The molecular formula is C51H86O19P2. The van der Waals surface area contributed by atoms with Crippen molar-refractivity contribution >= 4 is 33.4 Å². The number of hydrogen-bond acceptors (Lipinski definition) is 16. The monoisotopic (exact) mass is 1060 g/mol. The smallest absolute Gasteiger partial charge is 0.462 e. The number of Topliss-reactive ketones (excluding diaryl/α,β-unsaturated/α-hetero) is 1. The number of rotatable bonds is 26. The van der Waals surface area contributed by atoms with Crippen molar-refractivity contribution in [2.75, 3.05) is 13.2 Å². The standard InChI is InChI=1S/C51H86O19P2/c1-3-5-7-8-9-10-11-12-13-14-15-16-17-18-19-20-21-22-27-31-44(55)66-36-39-37-67-72(64,65)70-51-49(60)48(59)46(57)40(30-26-23-24-28-32-45(56)68-39)42(53)35-43(54)41(34-33-38(52)29-25-6-4-2)47(58)50(51)69-71(61,62)63/h5,7,9-10,12-13,15-16,33-34,38-41,43,46-52,54,57-60H,3-4,6,8,11,14,17-32,35-37H2,1-2H3,(H,64,65)(H2,61,62,63)/b7-5-,10-9-,13-12-,16-15-,34-33?/t38-,39+,40-,41-,43+,46+,47+,48-,49+,50+,51-/m0/s1. The van der Waals surface area contributed by atoms with Crippen LogP contribution in [0.2, 0.25) is 0 Å². The van der Waals surface area contributed by atoms with Gasteiger partial charge in [0.2, 0.25) is 0 Å². The maximum atomic E-state index is 13.8. The van der Waals surface area contributed by atoms with Gasteiger partial charge in [0, 0.05) is 31.1 Å². The van der Waals surface area contributed by atoms with Crippen molar-refractivity contribution in [2.24, 2.45) is 11.8 Å². The molecule has 2 fully saturated rings. The fourth-order valence-electron chi connectivity index (χ4n) is 8.39. The van der Waals surface area contributed by atoms with Crippen molar-refractivity contribution < 1.29 is 91.9 Å². The SMILES string of the molecule is CC/C=C\C/C=C\C/C=C\C/C=C\CCCCCCCCC(=O)OC[C@@H]1COP(=O)(O)O[C@H]2[C@H](O)[C@@H](O)[C@H](O)[C@@H](CCCCCCC(=O)O1)C(=O)C[C@@H](O)[C@H](C=C[C@@H](O)CCCCC)[C@@H](O)[C@H]2OP(=O)(O)O. The average Bonchev–Trinajstić information content (AvgIpc) is 3.32. The Labute approximate surface area is 426 Å². The number of phosphoric ester groups is 2. The maximum absolute atomic E-state index is 13.8. The first-order valence-corrected chi connectivity index (χ1v) is 29.0. The molecule has 0 aromatic carbocycles. The van der Waals surface area contributed by atoms with Crippen LogP contribution in [0.15, 0.2) is 60.8 Å². The Morgan fingerprint density at radius 2 is 1.42 bits per heavy atom. The van der Waals surface area contributed by atoms with Gasteiger partial charge in [-0.3, -0.25) is 28.0 Å². The van der Waals surface area contributed by atoms with E-state index in [2.05, 4.69) is 55.5 Å². The topological polar surface area (TPSA) is 314 Å². The van der Waals surface area contributed by atoms with E-state index in [1.54, 1.807) is 0 Å². The van der Waals surface area contributed by atoms with Crippen LogP contribution in [-0.4, -0.2) is 131 Å². The molecule has 1 saturated carbocycles. The van der Waals surface area contributed by atoms with Crippen molar-refractivity contribution in [3.05, 3.63) is 60.8 Å². The van der Waals surface area contributed by atoms with Crippen molar-refractivity contribution in [3.8, 4) is 0 Å². The molecule has 0 radical (unpaired) electrons. The van der Waals surface area contributed by atoms with Crippen LogP contribution in [0.25, 0.3) is 0 Å². The molecule has 72 heavy (non-hydrogen) atoms. The molecule has 0 aromatic heterocycles. The number of cyclic esters (lactones) is 1. The minimum Gasteiger partial charge on any atom is -0.462 e. The quantitative estimate of drug-likeness (QED) is 0.0179. The summed E-state index contributed by atoms with van der Waals surface area (Å²) in [7, 11) is -11.5. The summed E-state index contributed by atoms with van der Waals surface area (Å²) in [5, 5.41) is 68.2. The summed E-state index contributed by atoms with van der Waals surface area (Å²) in [5.41, 5.74) is 0. The molecule has 0 amide bonds. The summed E-state index contributed by atoms with van der Waals surface area (Å²) in [6, 6.07) is 0. The Morgan fingerprint density at radius 3 is 2.07 bits per heavy atom. The van der Waals surface area contributed by atoms with Crippen molar-refractivity contribution in [1.29, 1.82) is 0 Å². The van der Waals surface area contributed by atoms with E-state index in [0.717, 1.165) is 83.1 Å². The number of carbonyl (C=O) groups excluding carboxylic acids is 3. The highest BCUT2D eigenvalue weighted by molar-refractivity contribution is 7.47. The average molecular weight is 1070 g/mol. The van der Waals surface area contributed by atoms with Crippen LogP contribution in [0.1, 0.15) is 162 Å². The van der Waals surface area contributed by atoms with Crippen LogP contribution < -0.4 is 0 Å². The lowest BCUT2D eigenvalue weighted by Gasteiger charge is -2.38. The maximum Gasteiger partial charge on any atom is 0.472 e. The van der Waals surface area contributed by atoms with Gasteiger partial charge in [0.05, 0.1) is 31.0 Å². The van der Waals surface area contributed by atoms with E-state index < -0.39 is 120 Å². The minimum absolute atomic E-state index is 0.0390. The summed E-state index contributed by atoms with van der Waals surface area (Å²) in [6.07, 6.45) is 12.8. The molecular weight excluding hydrogens is 978 g/mol. The third kappa shape index (κ3) is 28.3. The number of aliphatic hydroxyl groups excluding tert-OH is 6. The number of hydrogen-bond donors (Lipinski definition) is 9. The molecule has 1 unspecified atom stereocenters. The predicted octanol–water partition coefficient (Wildman–Crippen LogP) is 7.21. The van der Waals surface area contributed by atoms with Crippen LogP contribution in [-0.2, 0) is 46.6 Å². The van der Waals surface area contributed by atoms with Gasteiger partial charge in [0.25, 0.3) is 0 Å². The van der Waals surface area contributed by atoms with E-state index in [-0.39, 0.29) is 38.5 Å². The van der Waals surface area contributed by atoms with Gasteiger partial charge in [-0.15, -0.1) is 0 Å². The summed E-state index contributed by atoms with van der Waals surface area (Å²) >= 11 is 0. The lowest BCUT2D eigenvalue weighted by atomic mass is 9.83. The van der Waals surface area contributed by atoms with E-state index >= 15 is 0 Å². The number of ether oxygens (including phenoxy) is 2. The third-order valence-corrected chi connectivity index (χ3v) is 14.0. The fourth-order valence-corrected chi connectivity index (χ4v) is 9.92. The van der Waals surface area contributed by atoms with Crippen molar-refractivity contribution in [1.82, 2.24) is 0 Å². The molecule has 0 spiro atoms. The zero-order valence-corrected chi connectivity index (χ0v) is 44.1. The molecule has 19 nitrogen and oxygen atoms in total. The lowest BCUT2D eigenvalue weighted by Crippen LogP contribution is -2.56. The van der Waals surface area contributed by atoms with Crippen molar-refractivity contribution in [2.45, 2.75) is 216 Å². The Hall–Kier alpha value is -2.71. The minimum atomic E-state index is -5.78. The number of fused-ring (bicyclic) bond motifs is 4. The lowest BCUT2D eigenvalue weighted by molar-refractivity contribution is -0.165. The fraction of sp³-hybridized carbons (Fsp3) is 0.745. The molecule has 0 aromatic rings. The number of ketones is 1. The van der Waals surface area contributed by atoms with Crippen LogP contribution in [0, 0.1) is 11.8 Å². The summed E-state index contributed by atoms with van der Waals surface area (Å²) in [5.74, 6) is -5.49. The molecule has 1 saturated heterocycles. The molecule has 2 bridgehead atoms. The van der Waals surface area contributed by atoms with Gasteiger partial charge in [0.15, 0.2) is 6.10 Å². The van der Waals surface area contributed by atoms with Crippen LogP contribution in [0.4, 0.5) is 0 Å². The first-order valence-electron chi connectivity index (χ1n) is 25.9. The van der Waals surface area contributed by atoms with Gasteiger partial charge < -0.3 is 54.8 Å². The van der Waals surface area contributed by atoms with Crippen LogP contribution in [0.5, 0.6) is 0 Å². The number of esters is 2. The second kappa shape index (κ2) is 37.1. The van der Waals surface area contributed by atoms with E-state index in [4.69, 9.17) is 23.0 Å². The highest BCUT2D eigenvalue weighted by Crippen LogP contribution is 2.49. The Kier molecular flexibility index (Phi) is 33.7. The highest BCUT2D eigenvalue weighted by atomic mass is 31.2. The van der Waals surface area contributed by atoms with Gasteiger partial charge in [-0.1, -0.05) is 139 Å². The Balaban J connectivity index is 2.19. The Morgan fingerprint density at radius 1 is 0.792 bits per heavy atom. The third-order valence-electron chi connectivity index (χ3n) is 12.5. The number of aliphatic hydroxyl groups is 6. The number of unbranched alkanes of at least 4 members (excludes halogenated alkanes) is 8. The summed E-state index contributed by atoms with van der Waals surface area (Å²) in [4.78, 5) is 70.5. The molecule has 9 N–H and O–H groups in total. The normalized spacial score (nSPS) is 29.8. The molecule has 2 aliphatic rings. The summed E-state index contributed by atoms with van der Waals surface area (Å²) in [6.45, 7) is 2.46. The van der Waals surface area contributed by atoms with Crippen molar-refractivity contribution in [3.63, 3.8) is 0 Å².